The van der Waals surface area contributed by atoms with Crippen LogP contribution in [-0.4, -0.2) is 25.4 Å². The summed E-state index contributed by atoms with van der Waals surface area (Å²) >= 11 is 0. The molecular formula is C10H14N2O2S. The van der Waals surface area contributed by atoms with E-state index in [9.17, 15) is 8.42 Å². The molecule has 15 heavy (non-hydrogen) atoms. The molecule has 0 bridgehead atoms. The topological polar surface area (TPSA) is 63.4 Å². The van der Waals surface area contributed by atoms with E-state index in [4.69, 9.17) is 5.73 Å². The van der Waals surface area contributed by atoms with Crippen molar-refractivity contribution in [2.24, 2.45) is 5.73 Å². The number of hydrogen-bond acceptors (Lipinski definition) is 3. The van der Waals surface area contributed by atoms with Crippen molar-refractivity contribution in [1.82, 2.24) is 4.31 Å². The summed E-state index contributed by atoms with van der Waals surface area (Å²) < 4.78 is 25.6. The first-order valence-corrected chi connectivity index (χ1v) is 6.39. The molecule has 0 saturated carbocycles. The molecule has 2 rings (SSSR count). The molecule has 1 aliphatic heterocycles. The Morgan fingerprint density at radius 2 is 1.93 bits per heavy atom. The minimum absolute atomic E-state index is 0.322. The summed E-state index contributed by atoms with van der Waals surface area (Å²) in [6.07, 6.45) is 1.22. The molecule has 5 heteroatoms. The van der Waals surface area contributed by atoms with Crippen LogP contribution in [0.1, 0.15) is 12.8 Å². The summed E-state index contributed by atoms with van der Waals surface area (Å²) in [4.78, 5) is 0.322. The first-order chi connectivity index (χ1) is 7.12. The van der Waals surface area contributed by atoms with Crippen molar-refractivity contribution in [3.05, 3.63) is 30.3 Å². The van der Waals surface area contributed by atoms with Gasteiger partial charge in [-0.2, -0.15) is 4.31 Å². The van der Waals surface area contributed by atoms with Gasteiger partial charge in [-0.1, -0.05) is 18.2 Å². The van der Waals surface area contributed by atoms with Gasteiger partial charge in [0.25, 0.3) is 0 Å². The Labute approximate surface area is 89.7 Å². The molecule has 0 radical (unpaired) electrons. The fourth-order valence-corrected chi connectivity index (χ4v) is 3.40. The summed E-state index contributed by atoms with van der Waals surface area (Å²) in [5, 5.41) is 0. The highest BCUT2D eigenvalue weighted by atomic mass is 32.2. The van der Waals surface area contributed by atoms with Crippen LogP contribution in [0.4, 0.5) is 0 Å². The average Bonchev–Trinajstić information content (AvgIpc) is 2.66. The standard InChI is InChI=1S/C10H14N2O2S/c11-10-7-4-8-12(10)15(13,14)9-5-2-1-3-6-9/h1-3,5-6,10H,4,7-8,11H2. The molecule has 1 saturated heterocycles. The van der Waals surface area contributed by atoms with Crippen molar-refractivity contribution in [3.8, 4) is 0 Å². The van der Waals surface area contributed by atoms with E-state index >= 15 is 0 Å². The Morgan fingerprint density at radius 3 is 2.47 bits per heavy atom. The third-order valence-corrected chi connectivity index (χ3v) is 4.54. The molecular weight excluding hydrogens is 212 g/mol. The third-order valence-electron chi connectivity index (χ3n) is 2.60. The average molecular weight is 226 g/mol. The van der Waals surface area contributed by atoms with Crippen molar-refractivity contribution >= 4 is 10.0 Å². The SMILES string of the molecule is NC1CCCN1S(=O)(=O)c1ccccc1. The minimum atomic E-state index is -3.38. The molecule has 0 aliphatic carbocycles. The van der Waals surface area contributed by atoms with Gasteiger partial charge in [0.1, 0.15) is 0 Å². The van der Waals surface area contributed by atoms with Gasteiger partial charge in [0.2, 0.25) is 10.0 Å². The molecule has 1 aliphatic rings. The van der Waals surface area contributed by atoms with Gasteiger partial charge in [0.05, 0.1) is 11.1 Å². The third kappa shape index (κ3) is 1.90. The van der Waals surface area contributed by atoms with Crippen LogP contribution in [0.25, 0.3) is 0 Å². The fraction of sp³-hybridized carbons (Fsp3) is 0.400. The van der Waals surface area contributed by atoms with Crippen molar-refractivity contribution in [1.29, 1.82) is 0 Å². The lowest BCUT2D eigenvalue weighted by Crippen LogP contribution is -2.40. The molecule has 1 unspecified atom stereocenters. The minimum Gasteiger partial charge on any atom is -0.315 e. The normalized spacial score (nSPS) is 23.1. The summed E-state index contributed by atoms with van der Waals surface area (Å²) in [5.74, 6) is 0. The maximum absolute atomic E-state index is 12.1. The van der Waals surface area contributed by atoms with Crippen LogP contribution in [-0.2, 0) is 10.0 Å². The van der Waals surface area contributed by atoms with Crippen LogP contribution >= 0.6 is 0 Å². The van der Waals surface area contributed by atoms with Crippen molar-refractivity contribution in [3.63, 3.8) is 0 Å². The quantitative estimate of drug-likeness (QED) is 0.809. The van der Waals surface area contributed by atoms with E-state index < -0.39 is 10.0 Å². The summed E-state index contributed by atoms with van der Waals surface area (Å²) in [6.45, 7) is 0.526. The van der Waals surface area contributed by atoms with E-state index in [1.54, 1.807) is 30.3 Å². The van der Waals surface area contributed by atoms with E-state index in [0.29, 0.717) is 11.4 Å². The van der Waals surface area contributed by atoms with Gasteiger partial charge in [-0.15, -0.1) is 0 Å². The van der Waals surface area contributed by atoms with E-state index in [1.807, 2.05) is 0 Å². The van der Waals surface area contributed by atoms with Crippen molar-refractivity contribution < 1.29 is 8.42 Å². The molecule has 0 spiro atoms. The van der Waals surface area contributed by atoms with Crippen LogP contribution in [0.5, 0.6) is 0 Å². The fourth-order valence-electron chi connectivity index (χ4n) is 1.79. The van der Waals surface area contributed by atoms with Gasteiger partial charge in [0.15, 0.2) is 0 Å². The van der Waals surface area contributed by atoms with E-state index in [2.05, 4.69) is 0 Å². The van der Waals surface area contributed by atoms with Crippen LogP contribution in [0.15, 0.2) is 35.2 Å². The second-order valence-electron chi connectivity index (χ2n) is 3.64. The molecule has 1 aromatic carbocycles. The Balaban J connectivity index is 2.35. The number of nitrogens with two attached hydrogens (primary N) is 1. The number of hydrogen-bond donors (Lipinski definition) is 1. The summed E-state index contributed by atoms with van der Waals surface area (Å²) in [7, 11) is -3.38. The Bertz CT molecular complexity index is 430. The first kappa shape index (κ1) is 10.6. The van der Waals surface area contributed by atoms with Crippen LogP contribution in [0.3, 0.4) is 0 Å². The van der Waals surface area contributed by atoms with Crippen LogP contribution in [0.2, 0.25) is 0 Å². The lowest BCUT2D eigenvalue weighted by Gasteiger charge is -2.20. The molecule has 1 aromatic rings. The Kier molecular flexibility index (Phi) is 2.77. The van der Waals surface area contributed by atoms with Crippen LogP contribution in [0, 0.1) is 0 Å². The molecule has 0 aromatic heterocycles. The van der Waals surface area contributed by atoms with E-state index in [0.717, 1.165) is 12.8 Å². The second-order valence-corrected chi connectivity index (χ2v) is 5.53. The molecule has 1 fully saturated rings. The van der Waals surface area contributed by atoms with Crippen molar-refractivity contribution in [2.45, 2.75) is 23.9 Å². The van der Waals surface area contributed by atoms with Gasteiger partial charge in [-0.25, -0.2) is 8.42 Å². The molecule has 82 valence electrons. The van der Waals surface area contributed by atoms with E-state index in [1.165, 1.54) is 4.31 Å². The predicted molar refractivity (Wildman–Crippen MR) is 57.5 cm³/mol. The van der Waals surface area contributed by atoms with Gasteiger partial charge < -0.3 is 5.73 Å². The van der Waals surface area contributed by atoms with Gasteiger partial charge in [-0.3, -0.25) is 0 Å². The number of sulfonamides is 1. The second kappa shape index (κ2) is 3.92. The first-order valence-electron chi connectivity index (χ1n) is 4.95. The zero-order chi connectivity index (χ0) is 10.9. The van der Waals surface area contributed by atoms with Gasteiger partial charge in [-0.05, 0) is 25.0 Å². The zero-order valence-corrected chi connectivity index (χ0v) is 9.15. The maximum Gasteiger partial charge on any atom is 0.244 e. The Morgan fingerprint density at radius 1 is 1.27 bits per heavy atom. The number of nitrogens with zero attached hydrogens (tertiary/aromatic N) is 1. The zero-order valence-electron chi connectivity index (χ0n) is 8.33. The number of rotatable bonds is 2. The van der Waals surface area contributed by atoms with Gasteiger partial charge >= 0.3 is 0 Å². The highest BCUT2D eigenvalue weighted by molar-refractivity contribution is 7.89. The Hall–Kier alpha value is -0.910. The molecule has 0 amide bonds. The molecule has 2 N–H and O–H groups in total. The largest absolute Gasteiger partial charge is 0.315 e. The molecule has 1 heterocycles. The van der Waals surface area contributed by atoms with Crippen molar-refractivity contribution in [2.75, 3.05) is 6.54 Å². The van der Waals surface area contributed by atoms with E-state index in [-0.39, 0.29) is 6.17 Å². The summed E-state index contributed by atoms with van der Waals surface area (Å²) in [5.41, 5.74) is 5.75. The smallest absolute Gasteiger partial charge is 0.244 e. The van der Waals surface area contributed by atoms with Gasteiger partial charge in [0, 0.05) is 6.54 Å². The van der Waals surface area contributed by atoms with Crippen LogP contribution < -0.4 is 5.73 Å². The molecule has 4 nitrogen and oxygen atoms in total. The lowest BCUT2D eigenvalue weighted by atomic mass is 10.3. The monoisotopic (exact) mass is 226 g/mol. The highest BCUT2D eigenvalue weighted by Gasteiger charge is 2.32. The number of benzene rings is 1. The molecule has 1 atom stereocenters. The lowest BCUT2D eigenvalue weighted by molar-refractivity contribution is 0.396. The summed E-state index contributed by atoms with van der Waals surface area (Å²) in [6, 6.07) is 8.42. The highest BCUT2D eigenvalue weighted by Crippen LogP contribution is 2.22. The predicted octanol–water partition coefficient (Wildman–Crippen LogP) is 0.756. The maximum atomic E-state index is 12.1.